The number of hydrogen-bond donors (Lipinski definition) is 0. The Bertz CT molecular complexity index is 1770. The first-order chi connectivity index (χ1) is 19.3. The molecule has 0 N–H and O–H groups in total. The molecule has 3 aromatic carbocycles. The van der Waals surface area contributed by atoms with Crippen LogP contribution >= 0.6 is 0 Å². The molecule has 2 heterocycles. The Morgan fingerprint density at radius 2 is 1.52 bits per heavy atom. The van der Waals surface area contributed by atoms with Gasteiger partial charge in [-0.3, -0.25) is 0 Å². The molecule has 1 aliphatic rings. The van der Waals surface area contributed by atoms with Gasteiger partial charge in [-0.1, -0.05) is 0 Å². The van der Waals surface area contributed by atoms with E-state index in [1.165, 1.54) is 55.2 Å². The first-order valence-corrected chi connectivity index (χ1v) is 17.2. The van der Waals surface area contributed by atoms with Crippen LogP contribution in [0.5, 0.6) is 0 Å². The minimum absolute atomic E-state index is 0.0552. The number of pyridine rings is 1. The molecule has 5 aromatic rings. The van der Waals surface area contributed by atoms with E-state index in [2.05, 4.69) is 127 Å². The van der Waals surface area contributed by atoms with Crippen LogP contribution in [0.15, 0.2) is 66.9 Å². The maximum absolute atomic E-state index is 9.24. The molecule has 1 saturated carbocycles. The SMILES string of the molecule is [2H]C1(c2ccc(-c3[te]c4c(-c5cc(C(C)(C)C)c6ccccc6c5C)[n+](C)ccc4c3C)cc2)CCC(C)(C)CC1. The quantitative estimate of drug-likeness (QED) is 0.136. The van der Waals surface area contributed by atoms with E-state index in [0.29, 0.717) is 5.41 Å². The van der Waals surface area contributed by atoms with Gasteiger partial charge in [0.2, 0.25) is 0 Å². The van der Waals surface area contributed by atoms with Crippen LogP contribution in [0.4, 0.5) is 0 Å². The Balaban J connectivity index is 1.48. The molecule has 0 aliphatic heterocycles. The van der Waals surface area contributed by atoms with Gasteiger partial charge in [-0.2, -0.15) is 0 Å². The zero-order valence-corrected chi connectivity index (χ0v) is 27.9. The zero-order valence-electron chi connectivity index (χ0n) is 26.5. The second-order valence-electron chi connectivity index (χ2n) is 13.8. The van der Waals surface area contributed by atoms with Crippen LogP contribution in [0.2, 0.25) is 0 Å². The van der Waals surface area contributed by atoms with E-state index in [1.807, 2.05) is 0 Å². The fourth-order valence-electron chi connectivity index (χ4n) is 6.67. The number of aryl methyl sites for hydroxylation is 3. The number of aromatic nitrogens is 1. The van der Waals surface area contributed by atoms with Crippen molar-refractivity contribution in [2.75, 3.05) is 0 Å². The van der Waals surface area contributed by atoms with Crippen molar-refractivity contribution in [2.45, 2.75) is 85.5 Å². The predicted octanol–water partition coefficient (Wildman–Crippen LogP) is 9.81. The Morgan fingerprint density at radius 1 is 0.875 bits per heavy atom. The average Bonchev–Trinajstić information content (AvgIpc) is 3.27. The van der Waals surface area contributed by atoms with Crippen molar-refractivity contribution in [1.82, 2.24) is 0 Å². The molecule has 1 fully saturated rings. The number of benzene rings is 3. The van der Waals surface area contributed by atoms with Crippen LogP contribution in [0.25, 0.3) is 40.0 Å². The summed E-state index contributed by atoms with van der Waals surface area (Å²) in [6, 6.07) is 22.9. The van der Waals surface area contributed by atoms with Crippen LogP contribution in [0.3, 0.4) is 0 Å². The number of rotatable bonds is 3. The molecule has 0 radical (unpaired) electrons. The fourth-order valence-corrected chi connectivity index (χ4v) is 10.7. The summed E-state index contributed by atoms with van der Waals surface area (Å²) in [5.74, 6) is -0.438. The first-order valence-electron chi connectivity index (χ1n) is 15.3. The summed E-state index contributed by atoms with van der Waals surface area (Å²) in [6.07, 6.45) is 6.45. The zero-order chi connectivity index (χ0) is 29.3. The predicted molar refractivity (Wildman–Crippen MR) is 174 cm³/mol. The Morgan fingerprint density at radius 3 is 2.17 bits per heavy atom. The summed E-state index contributed by atoms with van der Waals surface area (Å²) in [5.41, 5.74) is 9.96. The molecule has 2 aromatic heterocycles. The van der Waals surface area contributed by atoms with Crippen LogP contribution in [-0.4, -0.2) is 20.4 Å². The Hall–Kier alpha value is -2.40. The molecule has 206 valence electrons. The second kappa shape index (κ2) is 10.2. The van der Waals surface area contributed by atoms with Crippen molar-refractivity contribution in [2.24, 2.45) is 12.5 Å². The molecule has 0 amide bonds. The number of fused-ring (bicyclic) bond motifs is 2. The van der Waals surface area contributed by atoms with E-state index < -0.39 is 26.3 Å². The van der Waals surface area contributed by atoms with Crippen LogP contribution < -0.4 is 4.57 Å². The second-order valence-corrected chi connectivity index (χ2v) is 16.7. The van der Waals surface area contributed by atoms with E-state index in [1.54, 1.807) is 6.98 Å². The van der Waals surface area contributed by atoms with Gasteiger partial charge in [0.1, 0.15) is 0 Å². The van der Waals surface area contributed by atoms with Crippen molar-refractivity contribution in [1.29, 1.82) is 0 Å². The molecule has 6 rings (SSSR count). The van der Waals surface area contributed by atoms with E-state index >= 15 is 0 Å². The van der Waals surface area contributed by atoms with Gasteiger partial charge in [0.05, 0.1) is 0 Å². The monoisotopic (exact) mass is 645 g/mol. The van der Waals surface area contributed by atoms with E-state index in [9.17, 15) is 1.37 Å². The topological polar surface area (TPSA) is 3.88 Å². The van der Waals surface area contributed by atoms with Gasteiger partial charge in [0.25, 0.3) is 0 Å². The standard InChI is InChI=1S/C38H44NTe/c1-24-29-11-9-10-12-31(29)33(37(3,4)5)23-32(24)34-36-30(19-22-39(34)8)25(2)35(40-36)28-15-13-26(14-16-28)27-17-20-38(6,7)21-18-27/h9-16,19,22-23,27H,17-18,20-21H2,1-8H3/q+1/i27D. The van der Waals surface area contributed by atoms with Crippen molar-refractivity contribution in [3.63, 3.8) is 0 Å². The van der Waals surface area contributed by atoms with Gasteiger partial charge in [0, 0.05) is 0 Å². The molecule has 0 atom stereocenters. The maximum atomic E-state index is 9.24. The van der Waals surface area contributed by atoms with Gasteiger partial charge in [0.15, 0.2) is 0 Å². The van der Waals surface area contributed by atoms with Crippen molar-refractivity contribution in [3.05, 3.63) is 89.1 Å². The van der Waals surface area contributed by atoms with Gasteiger partial charge >= 0.3 is 253 Å². The van der Waals surface area contributed by atoms with E-state index in [-0.39, 0.29) is 5.41 Å². The summed E-state index contributed by atoms with van der Waals surface area (Å²) in [4.78, 5) is 0. The third kappa shape index (κ3) is 4.86. The summed E-state index contributed by atoms with van der Waals surface area (Å²) in [5, 5.41) is 4.16. The summed E-state index contributed by atoms with van der Waals surface area (Å²) in [7, 11) is 2.22. The molecule has 40 heavy (non-hydrogen) atoms. The van der Waals surface area contributed by atoms with Gasteiger partial charge in [-0.15, -0.1) is 0 Å². The molecule has 0 saturated heterocycles. The summed E-state index contributed by atoms with van der Waals surface area (Å²) < 4.78 is 14.7. The molecule has 1 aliphatic carbocycles. The van der Waals surface area contributed by atoms with Crippen molar-refractivity contribution in [3.8, 4) is 20.4 Å². The average molecular weight is 643 g/mol. The molecular formula is C38H44NTe+. The van der Waals surface area contributed by atoms with Gasteiger partial charge in [-0.05, 0) is 0 Å². The van der Waals surface area contributed by atoms with Crippen molar-refractivity contribution < 1.29 is 5.94 Å². The van der Waals surface area contributed by atoms with Crippen molar-refractivity contribution >= 4 is 40.0 Å². The van der Waals surface area contributed by atoms with Crippen LogP contribution in [0.1, 0.15) is 89.8 Å². The number of hydrogen-bond acceptors (Lipinski definition) is 0. The summed E-state index contributed by atoms with van der Waals surface area (Å²) in [6.45, 7) is 16.3. The third-order valence-electron chi connectivity index (χ3n) is 9.37. The van der Waals surface area contributed by atoms with Crippen LogP contribution in [-0.2, 0) is 12.5 Å². The Kier molecular flexibility index (Phi) is 6.72. The van der Waals surface area contributed by atoms with E-state index in [0.717, 1.165) is 25.7 Å². The minimum atomic E-state index is -0.597. The van der Waals surface area contributed by atoms with E-state index in [4.69, 9.17) is 0 Å². The molecule has 0 bridgehead atoms. The third-order valence-corrected chi connectivity index (χ3v) is 13.3. The normalized spacial score (nSPS) is 17.4. The molecule has 0 spiro atoms. The van der Waals surface area contributed by atoms with Crippen LogP contribution in [0, 0.1) is 19.3 Å². The molecular weight excluding hydrogens is 598 g/mol. The summed E-state index contributed by atoms with van der Waals surface area (Å²) >= 11 is -0.597. The molecule has 0 unspecified atom stereocenters. The molecule has 1 nitrogen and oxygen atoms in total. The first kappa shape index (κ1) is 26.5. The Labute approximate surface area is 252 Å². The van der Waals surface area contributed by atoms with Gasteiger partial charge in [-0.25, -0.2) is 0 Å². The fraction of sp³-hybridized carbons (Fsp3) is 0.395. The number of nitrogens with zero attached hydrogens (tertiary/aromatic N) is 1. The van der Waals surface area contributed by atoms with Gasteiger partial charge < -0.3 is 0 Å². The molecule has 2 heteroatoms.